The van der Waals surface area contributed by atoms with Crippen molar-refractivity contribution in [3.8, 4) is 0 Å². The second-order valence-corrected chi connectivity index (χ2v) is 9.65. The van der Waals surface area contributed by atoms with Crippen LogP contribution in [-0.2, 0) is 14.3 Å². The van der Waals surface area contributed by atoms with Crippen molar-refractivity contribution in [3.63, 3.8) is 0 Å². The van der Waals surface area contributed by atoms with E-state index in [9.17, 15) is 9.90 Å². The topological polar surface area (TPSA) is 81.8 Å². The maximum absolute atomic E-state index is 11.8. The van der Waals surface area contributed by atoms with Gasteiger partial charge in [0.25, 0.3) is 0 Å². The van der Waals surface area contributed by atoms with E-state index in [-0.39, 0.29) is 6.61 Å². The van der Waals surface area contributed by atoms with Gasteiger partial charge in [0.05, 0.1) is 6.61 Å². The third-order valence-electron chi connectivity index (χ3n) is 6.42. The molecule has 0 aromatic heterocycles. The zero-order chi connectivity index (χ0) is 24.4. The van der Waals surface area contributed by atoms with Crippen LogP contribution in [0.15, 0.2) is 0 Å². The van der Waals surface area contributed by atoms with Crippen molar-refractivity contribution in [1.29, 1.82) is 0 Å². The van der Waals surface area contributed by atoms with Gasteiger partial charge in [-0.2, -0.15) is 0 Å². The van der Waals surface area contributed by atoms with E-state index in [1.54, 1.807) is 0 Å². The molecule has 0 radical (unpaired) electrons. The molecule has 0 aliphatic carbocycles. The van der Waals surface area contributed by atoms with Crippen LogP contribution < -0.4 is 5.73 Å². The maximum Gasteiger partial charge on any atom is 0.249 e. The van der Waals surface area contributed by atoms with E-state index < -0.39 is 18.1 Å². The predicted octanol–water partition coefficient (Wildman–Crippen LogP) is 7.08. The molecule has 0 saturated carbocycles. The molecule has 0 saturated heterocycles. The molecule has 0 bridgehead atoms. The van der Waals surface area contributed by atoms with Crippen molar-refractivity contribution < 1.29 is 19.4 Å². The molecule has 0 aliphatic heterocycles. The Labute approximate surface area is 205 Å². The van der Waals surface area contributed by atoms with Crippen molar-refractivity contribution >= 4 is 5.91 Å². The number of rotatable bonds is 27. The molecule has 0 aromatic rings. The molecule has 1 amide bonds. The van der Waals surface area contributed by atoms with Gasteiger partial charge in [0.15, 0.2) is 6.10 Å². The molecule has 33 heavy (non-hydrogen) atoms. The van der Waals surface area contributed by atoms with Crippen LogP contribution in [0.2, 0.25) is 0 Å². The van der Waals surface area contributed by atoms with Gasteiger partial charge in [0.1, 0.15) is 6.10 Å². The van der Waals surface area contributed by atoms with Crippen molar-refractivity contribution in [2.75, 3.05) is 19.8 Å². The van der Waals surface area contributed by atoms with Crippen LogP contribution in [0.1, 0.15) is 142 Å². The minimum atomic E-state index is -0.864. The molecule has 0 fully saturated rings. The first kappa shape index (κ1) is 32.4. The fraction of sp³-hybridized carbons (Fsp3) is 0.964. The average Bonchev–Trinajstić information content (AvgIpc) is 2.81. The third kappa shape index (κ3) is 21.6. The van der Waals surface area contributed by atoms with Crippen molar-refractivity contribution in [1.82, 2.24) is 0 Å². The highest BCUT2D eigenvalue weighted by molar-refractivity contribution is 5.79. The molecular formula is C28H57NO4. The average molecular weight is 472 g/mol. The van der Waals surface area contributed by atoms with E-state index in [1.807, 2.05) is 0 Å². The highest BCUT2D eigenvalue weighted by Crippen LogP contribution is 2.13. The summed E-state index contributed by atoms with van der Waals surface area (Å²) in [5, 5.41) is 9.67. The zero-order valence-electron chi connectivity index (χ0n) is 22.2. The summed E-state index contributed by atoms with van der Waals surface area (Å²) in [7, 11) is 0. The molecule has 2 atom stereocenters. The maximum atomic E-state index is 11.8. The third-order valence-corrected chi connectivity index (χ3v) is 6.42. The first-order valence-electron chi connectivity index (χ1n) is 14.3. The summed E-state index contributed by atoms with van der Waals surface area (Å²) >= 11 is 0. The number of aliphatic hydroxyl groups is 1. The second-order valence-electron chi connectivity index (χ2n) is 9.65. The van der Waals surface area contributed by atoms with Gasteiger partial charge in [0.2, 0.25) is 5.91 Å². The molecule has 0 aliphatic rings. The lowest BCUT2D eigenvalue weighted by molar-refractivity contribution is -0.145. The molecule has 0 aromatic carbocycles. The van der Waals surface area contributed by atoms with Crippen LogP contribution in [0, 0.1) is 0 Å². The van der Waals surface area contributed by atoms with E-state index in [1.165, 1.54) is 103 Å². The number of unbranched alkanes of at least 4 members (excludes halogenated alkanes) is 18. The summed E-state index contributed by atoms with van der Waals surface area (Å²) < 4.78 is 11.5. The first-order chi connectivity index (χ1) is 16.2. The largest absolute Gasteiger partial charge is 0.394 e. The van der Waals surface area contributed by atoms with Crippen LogP contribution in [0.5, 0.6) is 0 Å². The van der Waals surface area contributed by atoms with Gasteiger partial charge in [-0.25, -0.2) is 0 Å². The van der Waals surface area contributed by atoms with Crippen LogP contribution in [0.4, 0.5) is 0 Å². The summed E-state index contributed by atoms with van der Waals surface area (Å²) in [6, 6.07) is 0. The quantitative estimate of drug-likeness (QED) is 0.125. The molecule has 0 rings (SSSR count). The summed E-state index contributed by atoms with van der Waals surface area (Å²) in [6.45, 7) is 5.27. The van der Waals surface area contributed by atoms with Gasteiger partial charge in [-0.3, -0.25) is 4.79 Å². The van der Waals surface area contributed by atoms with E-state index in [4.69, 9.17) is 15.2 Å². The van der Waals surface area contributed by atoms with Crippen molar-refractivity contribution in [2.24, 2.45) is 5.73 Å². The lowest BCUT2D eigenvalue weighted by Crippen LogP contribution is -2.44. The summed E-state index contributed by atoms with van der Waals surface area (Å²) in [4.78, 5) is 11.8. The van der Waals surface area contributed by atoms with Gasteiger partial charge in [-0.1, -0.05) is 129 Å². The number of hydrogen-bond acceptors (Lipinski definition) is 4. The molecule has 2 unspecified atom stereocenters. The predicted molar refractivity (Wildman–Crippen MR) is 139 cm³/mol. The highest BCUT2D eigenvalue weighted by atomic mass is 16.5. The van der Waals surface area contributed by atoms with E-state index in [0.717, 1.165) is 25.7 Å². The Kier molecular flexibility index (Phi) is 25.5. The number of primary amides is 1. The van der Waals surface area contributed by atoms with Crippen molar-refractivity contribution in [2.45, 2.75) is 154 Å². The van der Waals surface area contributed by atoms with Crippen LogP contribution >= 0.6 is 0 Å². The smallest absolute Gasteiger partial charge is 0.249 e. The Balaban J connectivity index is 3.75. The summed E-state index contributed by atoms with van der Waals surface area (Å²) in [5.41, 5.74) is 5.52. The molecular weight excluding hydrogens is 414 g/mol. The number of ether oxygens (including phenoxy) is 2. The number of aliphatic hydroxyl groups excluding tert-OH is 1. The lowest BCUT2D eigenvalue weighted by atomic mass is 10.1. The van der Waals surface area contributed by atoms with Gasteiger partial charge in [-0.05, 0) is 12.8 Å². The minimum absolute atomic E-state index is 0.247. The molecule has 198 valence electrons. The fourth-order valence-corrected chi connectivity index (χ4v) is 4.23. The number of carbonyl (C=O) groups is 1. The minimum Gasteiger partial charge on any atom is -0.394 e. The lowest BCUT2D eigenvalue weighted by Gasteiger charge is -2.23. The number of carbonyl (C=O) groups excluding carboxylic acids is 1. The number of hydrogen-bond donors (Lipinski definition) is 2. The molecule has 0 spiro atoms. The normalized spacial score (nSPS) is 13.3. The standard InChI is InChI=1S/C28H57NO4/c1-3-5-7-9-11-13-15-17-19-21-23-32-26(25-30)27(28(29)31)33-24-22-20-18-16-14-12-10-8-6-4-2/h26-27,30H,3-25H2,1-2H3,(H2,29,31). The van der Waals surface area contributed by atoms with Gasteiger partial charge >= 0.3 is 0 Å². The van der Waals surface area contributed by atoms with Gasteiger partial charge in [0, 0.05) is 13.2 Å². The molecule has 3 N–H and O–H groups in total. The number of nitrogens with two attached hydrogens (primary N) is 1. The molecule has 5 heteroatoms. The Hall–Kier alpha value is -0.650. The Morgan fingerprint density at radius 2 is 0.939 bits per heavy atom. The van der Waals surface area contributed by atoms with Crippen LogP contribution in [0.3, 0.4) is 0 Å². The highest BCUT2D eigenvalue weighted by Gasteiger charge is 2.27. The van der Waals surface area contributed by atoms with E-state index >= 15 is 0 Å². The second kappa shape index (κ2) is 26.0. The molecule has 0 heterocycles. The Bertz CT molecular complexity index is 405. The summed E-state index contributed by atoms with van der Waals surface area (Å²) in [5.74, 6) is -0.552. The van der Waals surface area contributed by atoms with E-state index in [2.05, 4.69) is 13.8 Å². The number of amides is 1. The van der Waals surface area contributed by atoms with Crippen molar-refractivity contribution in [3.05, 3.63) is 0 Å². The monoisotopic (exact) mass is 471 g/mol. The van der Waals surface area contributed by atoms with Crippen LogP contribution in [-0.4, -0.2) is 43.0 Å². The van der Waals surface area contributed by atoms with E-state index in [0.29, 0.717) is 13.2 Å². The summed E-state index contributed by atoms with van der Waals surface area (Å²) in [6.07, 6.45) is 23.6. The van der Waals surface area contributed by atoms with Gasteiger partial charge in [-0.15, -0.1) is 0 Å². The fourth-order valence-electron chi connectivity index (χ4n) is 4.23. The van der Waals surface area contributed by atoms with Crippen LogP contribution in [0.25, 0.3) is 0 Å². The Morgan fingerprint density at radius 3 is 1.27 bits per heavy atom. The SMILES string of the molecule is CCCCCCCCCCCCOC(CO)C(OCCCCCCCCCCCC)C(N)=O. The Morgan fingerprint density at radius 1 is 0.606 bits per heavy atom. The van der Waals surface area contributed by atoms with Gasteiger partial charge < -0.3 is 20.3 Å². The molecule has 5 nitrogen and oxygen atoms in total. The first-order valence-corrected chi connectivity index (χ1v) is 14.3. The zero-order valence-corrected chi connectivity index (χ0v) is 22.2.